The van der Waals surface area contributed by atoms with E-state index in [1.807, 2.05) is 34.9 Å². The number of hydrogen-bond acceptors (Lipinski definition) is 8. The summed E-state index contributed by atoms with van der Waals surface area (Å²) >= 11 is 0. The lowest BCUT2D eigenvalue weighted by Gasteiger charge is -2.12. The summed E-state index contributed by atoms with van der Waals surface area (Å²) in [4.78, 5) is 10.9. The molecular formula is C18H20N8O. The van der Waals surface area contributed by atoms with Gasteiger partial charge in [-0.25, -0.2) is 9.61 Å². The van der Waals surface area contributed by atoms with E-state index in [4.69, 9.17) is 10.4 Å². The fraction of sp³-hybridized carbons (Fsp3) is 0.222. The van der Waals surface area contributed by atoms with Crippen molar-refractivity contribution in [2.24, 2.45) is 0 Å². The van der Waals surface area contributed by atoms with Crippen molar-refractivity contribution in [2.45, 2.75) is 0 Å². The number of imidazole rings is 1. The van der Waals surface area contributed by atoms with E-state index in [0.29, 0.717) is 11.5 Å². The molecule has 138 valence electrons. The summed E-state index contributed by atoms with van der Waals surface area (Å²) in [6, 6.07) is 10.0. The second-order valence-corrected chi connectivity index (χ2v) is 6.41. The Balaban J connectivity index is 1.74. The molecule has 3 heterocycles. The molecule has 1 aromatic carbocycles. The van der Waals surface area contributed by atoms with Gasteiger partial charge in [0.2, 0.25) is 0 Å². The molecule has 4 rings (SSSR count). The molecule has 0 unspecified atom stereocenters. The van der Waals surface area contributed by atoms with Gasteiger partial charge in [0.05, 0.1) is 11.7 Å². The minimum atomic E-state index is 0.196. The molecule has 27 heavy (non-hydrogen) atoms. The van der Waals surface area contributed by atoms with Crippen LogP contribution >= 0.6 is 0 Å². The highest BCUT2D eigenvalue weighted by Gasteiger charge is 2.20. The third-order valence-electron chi connectivity index (χ3n) is 4.20. The van der Waals surface area contributed by atoms with Crippen LogP contribution in [-0.2, 0) is 0 Å². The van der Waals surface area contributed by atoms with Gasteiger partial charge in [-0.1, -0.05) is 0 Å². The van der Waals surface area contributed by atoms with Gasteiger partial charge in [-0.2, -0.15) is 0 Å². The van der Waals surface area contributed by atoms with Crippen LogP contribution in [0.4, 0.5) is 11.5 Å². The topological polar surface area (TPSA) is 111 Å². The van der Waals surface area contributed by atoms with E-state index in [2.05, 4.69) is 44.6 Å². The molecule has 0 saturated carbocycles. The predicted octanol–water partition coefficient (Wildman–Crippen LogP) is 2.03. The summed E-state index contributed by atoms with van der Waals surface area (Å²) < 4.78 is 6.73. The standard InChI is InChI=1S/C18H20N8O/c1-25(2)10-9-21-12-3-5-13(6-4-12)26-15-7-8-20-11-14(15)22-18(26)16-17(19)24-27-23-16/h3-8,11,21H,9-10H2,1-2H3,(H2,19,24). The summed E-state index contributed by atoms with van der Waals surface area (Å²) in [6.07, 6.45) is 3.43. The number of benzene rings is 1. The zero-order valence-corrected chi connectivity index (χ0v) is 15.1. The molecule has 0 aliphatic carbocycles. The third-order valence-corrected chi connectivity index (χ3v) is 4.20. The van der Waals surface area contributed by atoms with Crippen molar-refractivity contribution >= 4 is 22.5 Å². The Morgan fingerprint density at radius 1 is 1.15 bits per heavy atom. The van der Waals surface area contributed by atoms with Crippen LogP contribution in [0.5, 0.6) is 0 Å². The van der Waals surface area contributed by atoms with E-state index in [-0.39, 0.29) is 5.82 Å². The van der Waals surface area contributed by atoms with Crippen LogP contribution in [0.3, 0.4) is 0 Å². The number of pyridine rings is 1. The van der Waals surface area contributed by atoms with Crippen molar-refractivity contribution in [3.8, 4) is 17.2 Å². The third kappa shape index (κ3) is 3.32. The van der Waals surface area contributed by atoms with Crippen molar-refractivity contribution in [1.82, 2.24) is 29.7 Å². The molecule has 0 saturated heterocycles. The summed E-state index contributed by atoms with van der Waals surface area (Å²) in [6.45, 7) is 1.84. The average molecular weight is 364 g/mol. The monoisotopic (exact) mass is 364 g/mol. The Kier molecular flexibility index (Phi) is 4.43. The smallest absolute Gasteiger partial charge is 0.199 e. The number of rotatable bonds is 6. The van der Waals surface area contributed by atoms with Gasteiger partial charge in [0, 0.05) is 30.7 Å². The number of likely N-dealkylation sites (N-methyl/N-ethyl adjacent to an activating group) is 1. The average Bonchev–Trinajstić information content (AvgIpc) is 3.25. The van der Waals surface area contributed by atoms with Gasteiger partial charge in [0.15, 0.2) is 17.3 Å². The van der Waals surface area contributed by atoms with Crippen molar-refractivity contribution < 1.29 is 4.63 Å². The van der Waals surface area contributed by atoms with Crippen LogP contribution in [0.15, 0.2) is 47.4 Å². The van der Waals surface area contributed by atoms with E-state index in [1.54, 1.807) is 12.4 Å². The number of nitrogens with two attached hydrogens (primary N) is 1. The number of fused-ring (bicyclic) bond motifs is 1. The highest BCUT2D eigenvalue weighted by atomic mass is 16.6. The maximum Gasteiger partial charge on any atom is 0.199 e. The predicted molar refractivity (Wildman–Crippen MR) is 104 cm³/mol. The molecule has 9 heteroatoms. The van der Waals surface area contributed by atoms with E-state index >= 15 is 0 Å². The Hall–Kier alpha value is -3.46. The van der Waals surface area contributed by atoms with E-state index in [0.717, 1.165) is 35.5 Å². The van der Waals surface area contributed by atoms with Crippen LogP contribution in [-0.4, -0.2) is 56.9 Å². The van der Waals surface area contributed by atoms with Crippen molar-refractivity contribution in [1.29, 1.82) is 0 Å². The maximum absolute atomic E-state index is 5.89. The van der Waals surface area contributed by atoms with Crippen LogP contribution in [0.2, 0.25) is 0 Å². The number of nitrogens with one attached hydrogen (secondary N) is 1. The normalized spacial score (nSPS) is 11.4. The fourth-order valence-electron chi connectivity index (χ4n) is 2.86. The molecule has 0 atom stereocenters. The summed E-state index contributed by atoms with van der Waals surface area (Å²) in [5.41, 5.74) is 9.92. The second kappa shape index (κ2) is 7.04. The Morgan fingerprint density at radius 2 is 1.96 bits per heavy atom. The van der Waals surface area contributed by atoms with Gasteiger partial charge in [-0.3, -0.25) is 9.55 Å². The largest absolute Gasteiger partial charge is 0.384 e. The lowest BCUT2D eigenvalue weighted by Crippen LogP contribution is -2.20. The first-order valence-corrected chi connectivity index (χ1v) is 8.53. The quantitative estimate of drug-likeness (QED) is 0.535. The summed E-state index contributed by atoms with van der Waals surface area (Å²) in [7, 11) is 4.10. The Morgan fingerprint density at radius 3 is 2.67 bits per heavy atom. The van der Waals surface area contributed by atoms with Crippen molar-refractivity contribution in [2.75, 3.05) is 38.2 Å². The zero-order valence-electron chi connectivity index (χ0n) is 15.1. The molecule has 3 aromatic heterocycles. The molecule has 4 aromatic rings. The van der Waals surface area contributed by atoms with E-state index in [9.17, 15) is 0 Å². The molecule has 0 amide bonds. The van der Waals surface area contributed by atoms with Crippen molar-refractivity contribution in [3.63, 3.8) is 0 Å². The van der Waals surface area contributed by atoms with Gasteiger partial charge in [-0.15, -0.1) is 0 Å². The number of anilines is 2. The molecule has 9 nitrogen and oxygen atoms in total. The first kappa shape index (κ1) is 17.0. The SMILES string of the molecule is CN(C)CCNc1ccc(-n2c(-c3nonc3N)nc3cnccc32)cc1. The molecule has 0 spiro atoms. The Labute approximate surface area is 155 Å². The molecule has 0 fully saturated rings. The van der Waals surface area contributed by atoms with Gasteiger partial charge in [0.1, 0.15) is 5.52 Å². The van der Waals surface area contributed by atoms with E-state index in [1.165, 1.54) is 0 Å². The Bertz CT molecular complexity index is 1050. The van der Waals surface area contributed by atoms with Gasteiger partial charge in [0.25, 0.3) is 0 Å². The van der Waals surface area contributed by atoms with E-state index < -0.39 is 0 Å². The number of aromatic nitrogens is 5. The zero-order chi connectivity index (χ0) is 18.8. The minimum Gasteiger partial charge on any atom is -0.384 e. The maximum atomic E-state index is 5.89. The first-order valence-electron chi connectivity index (χ1n) is 8.53. The van der Waals surface area contributed by atoms with Crippen LogP contribution in [0.25, 0.3) is 28.2 Å². The molecule has 3 N–H and O–H groups in total. The number of nitrogen functional groups attached to an aromatic ring is 1. The fourth-order valence-corrected chi connectivity index (χ4v) is 2.86. The number of hydrogen-bond donors (Lipinski definition) is 2. The van der Waals surface area contributed by atoms with Gasteiger partial charge in [-0.05, 0) is 54.7 Å². The highest BCUT2D eigenvalue weighted by Crippen LogP contribution is 2.29. The van der Waals surface area contributed by atoms with Gasteiger partial charge >= 0.3 is 0 Å². The van der Waals surface area contributed by atoms with Gasteiger partial charge < -0.3 is 16.0 Å². The first-order chi connectivity index (χ1) is 13.1. The summed E-state index contributed by atoms with van der Waals surface area (Å²) in [5, 5.41) is 11.0. The summed E-state index contributed by atoms with van der Waals surface area (Å²) in [5.74, 6) is 0.756. The van der Waals surface area contributed by atoms with Crippen LogP contribution < -0.4 is 11.1 Å². The molecule has 0 bridgehead atoms. The molecular weight excluding hydrogens is 344 g/mol. The molecule has 0 aliphatic rings. The molecule has 0 aliphatic heterocycles. The van der Waals surface area contributed by atoms with Crippen molar-refractivity contribution in [3.05, 3.63) is 42.7 Å². The lowest BCUT2D eigenvalue weighted by molar-refractivity contribution is 0.310. The van der Waals surface area contributed by atoms with Crippen LogP contribution in [0.1, 0.15) is 0 Å². The molecule has 0 radical (unpaired) electrons. The minimum absolute atomic E-state index is 0.196. The second-order valence-electron chi connectivity index (χ2n) is 6.41. The number of nitrogens with zero attached hydrogens (tertiary/aromatic N) is 6. The highest BCUT2D eigenvalue weighted by molar-refractivity contribution is 5.83. The van der Waals surface area contributed by atoms with Crippen LogP contribution in [0, 0.1) is 0 Å². The lowest BCUT2D eigenvalue weighted by atomic mass is 10.2.